The van der Waals surface area contributed by atoms with Crippen molar-refractivity contribution >= 4 is 5.91 Å². The second-order valence-corrected chi connectivity index (χ2v) is 8.11. The molecule has 0 radical (unpaired) electrons. The summed E-state index contributed by atoms with van der Waals surface area (Å²) < 4.78 is 11.6. The molecule has 4 heteroatoms. The molecule has 1 amide bonds. The number of methoxy groups -OCH3 is 1. The normalized spacial score (nSPS) is 29.3. The van der Waals surface area contributed by atoms with E-state index in [1.54, 1.807) is 7.11 Å². The van der Waals surface area contributed by atoms with E-state index < -0.39 is 0 Å². The minimum Gasteiger partial charge on any atom is -0.384 e. The molecule has 25 heavy (non-hydrogen) atoms. The molecule has 0 aromatic heterocycles. The van der Waals surface area contributed by atoms with Gasteiger partial charge in [-0.15, -0.1) is 0 Å². The highest BCUT2D eigenvalue weighted by molar-refractivity contribution is 5.77. The van der Waals surface area contributed by atoms with Gasteiger partial charge in [0.2, 0.25) is 5.91 Å². The van der Waals surface area contributed by atoms with Gasteiger partial charge in [0.1, 0.15) is 0 Å². The van der Waals surface area contributed by atoms with Crippen molar-refractivity contribution in [2.24, 2.45) is 11.3 Å². The predicted molar refractivity (Wildman–Crippen MR) is 96.4 cm³/mol. The molecule has 1 aromatic rings. The fourth-order valence-corrected chi connectivity index (χ4v) is 5.17. The number of fused-ring (bicyclic) bond motifs is 2. The molecule has 0 bridgehead atoms. The van der Waals surface area contributed by atoms with Crippen molar-refractivity contribution in [1.82, 2.24) is 4.90 Å². The molecular weight excluding hydrogens is 314 g/mol. The second kappa shape index (κ2) is 7.08. The highest BCUT2D eigenvalue weighted by Gasteiger charge is 2.47. The van der Waals surface area contributed by atoms with Gasteiger partial charge in [-0.05, 0) is 49.1 Å². The molecule has 0 N–H and O–H groups in total. The summed E-state index contributed by atoms with van der Waals surface area (Å²) in [6.45, 7) is 3.17. The summed E-state index contributed by atoms with van der Waals surface area (Å²) in [5, 5.41) is 0. The van der Waals surface area contributed by atoms with Crippen molar-refractivity contribution in [3.05, 3.63) is 35.4 Å². The fraction of sp³-hybridized carbons (Fsp3) is 0.667. The van der Waals surface area contributed by atoms with E-state index in [-0.39, 0.29) is 11.5 Å². The summed E-state index contributed by atoms with van der Waals surface area (Å²) in [5.74, 6) is 0.779. The Morgan fingerprint density at radius 2 is 2.08 bits per heavy atom. The van der Waals surface area contributed by atoms with Crippen LogP contribution in [0.5, 0.6) is 0 Å². The van der Waals surface area contributed by atoms with Crippen molar-refractivity contribution in [3.8, 4) is 0 Å². The zero-order chi connectivity index (χ0) is 17.3. The molecule has 0 saturated carbocycles. The number of carbonyl (C=O) groups is 1. The summed E-state index contributed by atoms with van der Waals surface area (Å²) in [6.07, 6.45) is 6.13. The number of nitrogens with zero attached hydrogens (tertiary/aromatic N) is 1. The van der Waals surface area contributed by atoms with Crippen LogP contribution >= 0.6 is 0 Å². The van der Waals surface area contributed by atoms with Crippen molar-refractivity contribution in [3.63, 3.8) is 0 Å². The number of piperidine rings is 1. The summed E-state index contributed by atoms with van der Waals surface area (Å²) in [7, 11) is 1.76. The summed E-state index contributed by atoms with van der Waals surface area (Å²) >= 11 is 0. The third-order valence-electron chi connectivity index (χ3n) is 6.37. The lowest BCUT2D eigenvalue weighted by atomic mass is 9.73. The van der Waals surface area contributed by atoms with Crippen molar-refractivity contribution in [2.75, 3.05) is 33.4 Å². The number of carbonyl (C=O) groups excluding carboxylic acids is 1. The standard InChI is InChI=1S/C21H29NO3/c1-24-15-21-8-4-10-25-19(21)7-9-22(14-21)20(23)13-16-11-17-5-2-3-6-18(17)12-16/h2-3,5-6,16,19H,4,7-15H2,1H3. The van der Waals surface area contributed by atoms with Crippen LogP contribution in [-0.4, -0.2) is 50.3 Å². The molecule has 1 aromatic carbocycles. The third-order valence-corrected chi connectivity index (χ3v) is 6.37. The maximum atomic E-state index is 13.0. The number of amides is 1. The Bertz CT molecular complexity index is 602. The van der Waals surface area contributed by atoms with Gasteiger partial charge >= 0.3 is 0 Å². The first kappa shape index (κ1) is 17.0. The van der Waals surface area contributed by atoms with Crippen LogP contribution in [0.25, 0.3) is 0 Å². The van der Waals surface area contributed by atoms with Gasteiger partial charge in [-0.25, -0.2) is 0 Å². The first-order valence-electron chi connectivity index (χ1n) is 9.65. The first-order valence-corrected chi connectivity index (χ1v) is 9.65. The average Bonchev–Trinajstić information content (AvgIpc) is 3.03. The Kier molecular flexibility index (Phi) is 4.83. The predicted octanol–water partition coefficient (Wildman–Crippen LogP) is 2.84. The van der Waals surface area contributed by atoms with Gasteiger partial charge in [-0.1, -0.05) is 24.3 Å². The van der Waals surface area contributed by atoms with E-state index in [0.717, 1.165) is 51.8 Å². The molecule has 4 nitrogen and oxygen atoms in total. The molecule has 1 aliphatic carbocycles. The van der Waals surface area contributed by atoms with E-state index in [2.05, 4.69) is 29.2 Å². The van der Waals surface area contributed by atoms with E-state index in [0.29, 0.717) is 24.9 Å². The molecule has 2 aliphatic heterocycles. The lowest BCUT2D eigenvalue weighted by molar-refractivity contribution is -0.162. The molecule has 136 valence electrons. The maximum absolute atomic E-state index is 13.0. The zero-order valence-corrected chi connectivity index (χ0v) is 15.2. The fourth-order valence-electron chi connectivity index (χ4n) is 5.17. The Hall–Kier alpha value is -1.39. The molecule has 0 spiro atoms. The van der Waals surface area contributed by atoms with Gasteiger partial charge in [0.25, 0.3) is 0 Å². The Morgan fingerprint density at radius 1 is 1.32 bits per heavy atom. The van der Waals surface area contributed by atoms with Crippen LogP contribution in [0.4, 0.5) is 0 Å². The monoisotopic (exact) mass is 343 g/mol. The van der Waals surface area contributed by atoms with Crippen LogP contribution in [-0.2, 0) is 27.1 Å². The number of likely N-dealkylation sites (tertiary alicyclic amines) is 1. The molecule has 4 rings (SSSR count). The Labute approximate surface area is 150 Å². The second-order valence-electron chi connectivity index (χ2n) is 8.11. The summed E-state index contributed by atoms with van der Waals surface area (Å²) in [5.41, 5.74) is 2.85. The largest absolute Gasteiger partial charge is 0.384 e. The molecule has 3 aliphatic rings. The number of benzene rings is 1. The molecule has 2 unspecified atom stereocenters. The number of rotatable bonds is 4. The lowest BCUT2D eigenvalue weighted by Gasteiger charge is -2.50. The quantitative estimate of drug-likeness (QED) is 0.844. The first-order chi connectivity index (χ1) is 12.2. The van der Waals surface area contributed by atoms with E-state index in [1.807, 2.05) is 0 Å². The van der Waals surface area contributed by atoms with Crippen LogP contribution < -0.4 is 0 Å². The molecule has 2 saturated heterocycles. The van der Waals surface area contributed by atoms with Gasteiger partial charge in [0.15, 0.2) is 0 Å². The van der Waals surface area contributed by atoms with Gasteiger partial charge in [-0.3, -0.25) is 4.79 Å². The molecule has 2 heterocycles. The third kappa shape index (κ3) is 3.34. The van der Waals surface area contributed by atoms with E-state index in [4.69, 9.17) is 9.47 Å². The average molecular weight is 343 g/mol. The smallest absolute Gasteiger partial charge is 0.222 e. The highest BCUT2D eigenvalue weighted by atomic mass is 16.5. The van der Waals surface area contributed by atoms with Crippen molar-refractivity contribution < 1.29 is 14.3 Å². The summed E-state index contributed by atoms with van der Waals surface area (Å²) in [4.78, 5) is 15.1. The van der Waals surface area contributed by atoms with Gasteiger partial charge in [0.05, 0.1) is 12.7 Å². The molecule has 2 fully saturated rings. The Morgan fingerprint density at radius 3 is 2.80 bits per heavy atom. The van der Waals surface area contributed by atoms with Gasteiger partial charge in [-0.2, -0.15) is 0 Å². The van der Waals surface area contributed by atoms with Crippen molar-refractivity contribution in [2.45, 2.75) is 44.6 Å². The lowest BCUT2D eigenvalue weighted by Crippen LogP contribution is -2.58. The van der Waals surface area contributed by atoms with Crippen molar-refractivity contribution in [1.29, 1.82) is 0 Å². The van der Waals surface area contributed by atoms with Crippen LogP contribution in [0.2, 0.25) is 0 Å². The van der Waals surface area contributed by atoms with E-state index >= 15 is 0 Å². The SMILES string of the molecule is COCC12CCCOC1CCN(C(=O)CC1Cc3ccccc3C1)C2. The number of ether oxygens (including phenoxy) is 2. The van der Waals surface area contributed by atoms with E-state index in [1.165, 1.54) is 11.1 Å². The van der Waals surface area contributed by atoms with Crippen LogP contribution in [0, 0.1) is 11.3 Å². The topological polar surface area (TPSA) is 38.8 Å². The van der Waals surface area contributed by atoms with Crippen LogP contribution in [0.1, 0.15) is 36.8 Å². The minimum atomic E-state index is -0.000447. The minimum absolute atomic E-state index is 0.000447. The highest BCUT2D eigenvalue weighted by Crippen LogP contribution is 2.41. The molecule has 2 atom stereocenters. The van der Waals surface area contributed by atoms with E-state index in [9.17, 15) is 4.79 Å². The van der Waals surface area contributed by atoms with Gasteiger partial charge in [0, 0.05) is 38.6 Å². The number of hydrogen-bond donors (Lipinski definition) is 0. The van der Waals surface area contributed by atoms with Crippen LogP contribution in [0.15, 0.2) is 24.3 Å². The Balaban J connectivity index is 1.39. The van der Waals surface area contributed by atoms with Gasteiger partial charge < -0.3 is 14.4 Å². The van der Waals surface area contributed by atoms with Crippen LogP contribution in [0.3, 0.4) is 0 Å². The number of hydrogen-bond acceptors (Lipinski definition) is 3. The molecular formula is C21H29NO3. The summed E-state index contributed by atoms with van der Waals surface area (Å²) in [6, 6.07) is 8.62. The maximum Gasteiger partial charge on any atom is 0.222 e. The zero-order valence-electron chi connectivity index (χ0n) is 15.2.